The van der Waals surface area contributed by atoms with Crippen molar-refractivity contribution in [3.63, 3.8) is 0 Å². The van der Waals surface area contributed by atoms with Gasteiger partial charge in [0.2, 0.25) is 0 Å². The Labute approximate surface area is 98.9 Å². The van der Waals surface area contributed by atoms with Crippen molar-refractivity contribution in [2.75, 3.05) is 0 Å². The molecule has 17 heavy (non-hydrogen) atoms. The summed E-state index contributed by atoms with van der Waals surface area (Å²) in [6.07, 6.45) is 0. The van der Waals surface area contributed by atoms with Gasteiger partial charge < -0.3 is 4.98 Å². The summed E-state index contributed by atoms with van der Waals surface area (Å²) in [7, 11) is 0. The number of benzene rings is 2. The summed E-state index contributed by atoms with van der Waals surface area (Å²) in [4.78, 5) is 3.31. The Hall–Kier alpha value is -2.09. The summed E-state index contributed by atoms with van der Waals surface area (Å²) in [6, 6.07) is 14.8. The van der Waals surface area contributed by atoms with E-state index in [0.717, 1.165) is 16.8 Å². The first-order valence-corrected chi connectivity index (χ1v) is 5.58. The molecule has 2 aromatic carbocycles. The monoisotopic (exact) mass is 225 g/mol. The molecule has 0 bridgehead atoms. The van der Waals surface area contributed by atoms with E-state index in [1.807, 2.05) is 18.2 Å². The molecule has 0 aliphatic rings. The molecule has 0 saturated heterocycles. The van der Waals surface area contributed by atoms with Gasteiger partial charge in [0.15, 0.2) is 0 Å². The smallest absolute Gasteiger partial charge is 0.123 e. The maximum absolute atomic E-state index is 13.2. The number of nitrogens with one attached hydrogen (secondary N) is 1. The largest absolute Gasteiger partial charge is 0.355 e. The van der Waals surface area contributed by atoms with Crippen LogP contribution in [0.25, 0.3) is 22.2 Å². The molecule has 1 aromatic heterocycles. The predicted octanol–water partition coefficient (Wildman–Crippen LogP) is 4.28. The van der Waals surface area contributed by atoms with Gasteiger partial charge in [-0.05, 0) is 36.8 Å². The van der Waals surface area contributed by atoms with E-state index in [1.165, 1.54) is 17.0 Å². The van der Waals surface area contributed by atoms with E-state index < -0.39 is 0 Å². The number of H-pyrrole nitrogens is 1. The Balaban J connectivity index is 2.22. The maximum Gasteiger partial charge on any atom is 0.123 e. The summed E-state index contributed by atoms with van der Waals surface area (Å²) in [5, 5.41) is 1.19. The third-order valence-electron chi connectivity index (χ3n) is 3.02. The number of rotatable bonds is 1. The van der Waals surface area contributed by atoms with Crippen molar-refractivity contribution in [1.29, 1.82) is 0 Å². The van der Waals surface area contributed by atoms with Crippen molar-refractivity contribution in [3.8, 4) is 11.3 Å². The fourth-order valence-electron chi connectivity index (χ4n) is 2.12. The first-order chi connectivity index (χ1) is 8.24. The van der Waals surface area contributed by atoms with Crippen molar-refractivity contribution in [2.45, 2.75) is 6.92 Å². The number of aryl methyl sites for hydroxylation is 1. The highest BCUT2D eigenvalue weighted by atomic mass is 19.1. The van der Waals surface area contributed by atoms with Gasteiger partial charge in [-0.3, -0.25) is 0 Å². The van der Waals surface area contributed by atoms with Crippen LogP contribution in [-0.4, -0.2) is 4.98 Å². The number of fused-ring (bicyclic) bond motifs is 1. The van der Waals surface area contributed by atoms with E-state index in [2.05, 4.69) is 24.0 Å². The second kappa shape index (κ2) is 3.74. The molecule has 0 unspecified atom stereocenters. The highest BCUT2D eigenvalue weighted by Crippen LogP contribution is 2.26. The molecule has 0 radical (unpaired) electrons. The third-order valence-corrected chi connectivity index (χ3v) is 3.02. The van der Waals surface area contributed by atoms with E-state index in [9.17, 15) is 4.39 Å². The van der Waals surface area contributed by atoms with Crippen LogP contribution in [0.4, 0.5) is 4.39 Å². The molecule has 0 amide bonds. The first-order valence-electron chi connectivity index (χ1n) is 5.58. The lowest BCUT2D eigenvalue weighted by Gasteiger charge is -1.96. The second-order valence-electron chi connectivity index (χ2n) is 4.23. The first kappa shape index (κ1) is 10.1. The van der Waals surface area contributed by atoms with Crippen molar-refractivity contribution in [3.05, 3.63) is 59.9 Å². The lowest BCUT2D eigenvalue weighted by molar-refractivity contribution is 0.628. The summed E-state index contributed by atoms with van der Waals surface area (Å²) in [5.74, 6) is -0.210. The summed E-state index contributed by atoms with van der Waals surface area (Å²) in [5.41, 5.74) is 4.14. The Morgan fingerprint density at radius 1 is 1.00 bits per heavy atom. The van der Waals surface area contributed by atoms with E-state index in [4.69, 9.17) is 0 Å². The molecule has 0 spiro atoms. The van der Waals surface area contributed by atoms with Gasteiger partial charge >= 0.3 is 0 Å². The molecule has 84 valence electrons. The van der Waals surface area contributed by atoms with Crippen LogP contribution in [0.3, 0.4) is 0 Å². The zero-order valence-electron chi connectivity index (χ0n) is 9.50. The highest BCUT2D eigenvalue weighted by Gasteiger charge is 2.05. The van der Waals surface area contributed by atoms with Crippen molar-refractivity contribution in [1.82, 2.24) is 4.98 Å². The van der Waals surface area contributed by atoms with Gasteiger partial charge in [-0.2, -0.15) is 0 Å². The van der Waals surface area contributed by atoms with Crippen molar-refractivity contribution < 1.29 is 4.39 Å². The highest BCUT2D eigenvalue weighted by molar-refractivity contribution is 5.88. The topological polar surface area (TPSA) is 15.8 Å². The van der Waals surface area contributed by atoms with Crippen molar-refractivity contribution >= 4 is 10.9 Å². The molecule has 1 N–H and O–H groups in total. The fraction of sp³-hybridized carbons (Fsp3) is 0.0667. The Kier molecular flexibility index (Phi) is 2.22. The molecule has 3 rings (SSSR count). The maximum atomic E-state index is 13.2. The third kappa shape index (κ3) is 1.72. The standard InChI is InChI=1S/C15H12FN/c1-10-4-2-7-14-13(10)9-15(17-14)11-5-3-6-12(16)8-11/h2-9,17H,1H3. The molecule has 1 heterocycles. The summed E-state index contributed by atoms with van der Waals surface area (Å²) >= 11 is 0. The van der Waals surface area contributed by atoms with Crippen LogP contribution < -0.4 is 0 Å². The second-order valence-corrected chi connectivity index (χ2v) is 4.23. The van der Waals surface area contributed by atoms with Crippen molar-refractivity contribution in [2.24, 2.45) is 0 Å². The average Bonchev–Trinajstić information content (AvgIpc) is 2.74. The fourth-order valence-corrected chi connectivity index (χ4v) is 2.12. The minimum atomic E-state index is -0.210. The van der Waals surface area contributed by atoms with Gasteiger partial charge in [0.1, 0.15) is 5.82 Å². The van der Waals surface area contributed by atoms with Crippen LogP contribution in [0, 0.1) is 12.7 Å². The predicted molar refractivity (Wildman–Crippen MR) is 68.4 cm³/mol. The Bertz CT molecular complexity index is 682. The average molecular weight is 225 g/mol. The zero-order chi connectivity index (χ0) is 11.8. The molecule has 0 aliphatic carbocycles. The minimum absolute atomic E-state index is 0.210. The number of aromatic amines is 1. The number of hydrogen-bond donors (Lipinski definition) is 1. The van der Waals surface area contributed by atoms with E-state index in [-0.39, 0.29) is 5.82 Å². The van der Waals surface area contributed by atoms with E-state index >= 15 is 0 Å². The van der Waals surface area contributed by atoms with E-state index in [1.54, 1.807) is 12.1 Å². The lowest BCUT2D eigenvalue weighted by atomic mass is 10.1. The molecule has 0 atom stereocenters. The number of halogens is 1. The van der Waals surface area contributed by atoms with E-state index in [0.29, 0.717) is 0 Å². The Morgan fingerprint density at radius 3 is 2.59 bits per heavy atom. The molecule has 3 aromatic rings. The Morgan fingerprint density at radius 2 is 1.82 bits per heavy atom. The number of hydrogen-bond acceptors (Lipinski definition) is 0. The molecular formula is C15H12FN. The van der Waals surface area contributed by atoms with Crippen LogP contribution in [0.1, 0.15) is 5.56 Å². The van der Waals surface area contributed by atoms with Gasteiger partial charge in [-0.15, -0.1) is 0 Å². The molecule has 0 fully saturated rings. The molecule has 1 nitrogen and oxygen atoms in total. The molecule has 0 aliphatic heterocycles. The van der Waals surface area contributed by atoms with Crippen LogP contribution in [-0.2, 0) is 0 Å². The lowest BCUT2D eigenvalue weighted by Crippen LogP contribution is -1.78. The van der Waals surface area contributed by atoms with Gasteiger partial charge in [-0.25, -0.2) is 4.39 Å². The van der Waals surface area contributed by atoms with Gasteiger partial charge in [0.25, 0.3) is 0 Å². The number of aromatic nitrogens is 1. The molecule has 0 saturated carbocycles. The normalized spacial score (nSPS) is 10.9. The summed E-state index contributed by atoms with van der Waals surface area (Å²) in [6.45, 7) is 2.07. The van der Waals surface area contributed by atoms with Crippen LogP contribution in [0.15, 0.2) is 48.5 Å². The van der Waals surface area contributed by atoms with Gasteiger partial charge in [0.05, 0.1) is 0 Å². The van der Waals surface area contributed by atoms with Crippen LogP contribution >= 0.6 is 0 Å². The quantitative estimate of drug-likeness (QED) is 0.636. The zero-order valence-corrected chi connectivity index (χ0v) is 9.50. The van der Waals surface area contributed by atoms with Gasteiger partial charge in [0, 0.05) is 22.2 Å². The van der Waals surface area contributed by atoms with Gasteiger partial charge in [-0.1, -0.05) is 24.3 Å². The van der Waals surface area contributed by atoms with Crippen LogP contribution in [0.5, 0.6) is 0 Å². The SMILES string of the molecule is Cc1cccc2[nH]c(-c3cccc(F)c3)cc12. The molecule has 2 heteroatoms. The summed E-state index contributed by atoms with van der Waals surface area (Å²) < 4.78 is 13.2. The minimum Gasteiger partial charge on any atom is -0.355 e. The molecular weight excluding hydrogens is 213 g/mol. The van der Waals surface area contributed by atoms with Crippen LogP contribution in [0.2, 0.25) is 0 Å².